The summed E-state index contributed by atoms with van der Waals surface area (Å²) < 4.78 is 23.5. The Kier molecular flexibility index (Phi) is 5.94. The first-order valence-electron chi connectivity index (χ1n) is 8.55. The van der Waals surface area contributed by atoms with E-state index in [9.17, 15) is 9.18 Å². The summed E-state index contributed by atoms with van der Waals surface area (Å²) in [6.07, 6.45) is 1.18. The highest BCUT2D eigenvalue weighted by Gasteiger charge is 2.45. The van der Waals surface area contributed by atoms with Gasteiger partial charge >= 0.3 is 5.97 Å². The maximum absolute atomic E-state index is 13.4. The van der Waals surface area contributed by atoms with E-state index in [4.69, 9.17) is 33.7 Å². The number of aryl methyl sites for hydroxylation is 1. The summed E-state index contributed by atoms with van der Waals surface area (Å²) in [6, 6.07) is 6.60. The SMILES string of the molecule is COC(=O)CN.Cc1ccc(-c2c(Cl)cc(F)cc2Cl)c2c1C1CC1CO2. The Hall–Kier alpha value is -1.82. The van der Waals surface area contributed by atoms with Crippen LogP contribution in [0.15, 0.2) is 24.3 Å². The van der Waals surface area contributed by atoms with Crippen molar-refractivity contribution < 1.29 is 18.7 Å². The van der Waals surface area contributed by atoms with Gasteiger partial charge in [-0.25, -0.2) is 4.39 Å². The van der Waals surface area contributed by atoms with E-state index in [2.05, 4.69) is 17.7 Å². The van der Waals surface area contributed by atoms with Crippen LogP contribution in [0.5, 0.6) is 5.75 Å². The predicted molar refractivity (Wildman–Crippen MR) is 104 cm³/mol. The van der Waals surface area contributed by atoms with Gasteiger partial charge in [-0.2, -0.15) is 0 Å². The number of methoxy groups -OCH3 is 1. The molecular formula is C20H20Cl2FNO3. The summed E-state index contributed by atoms with van der Waals surface area (Å²) in [5.74, 6) is 1.29. The van der Waals surface area contributed by atoms with Gasteiger partial charge in [0, 0.05) is 22.6 Å². The summed E-state index contributed by atoms with van der Waals surface area (Å²) in [7, 11) is 1.30. The molecule has 2 atom stereocenters. The van der Waals surface area contributed by atoms with Crippen molar-refractivity contribution >= 4 is 29.2 Å². The lowest BCUT2D eigenvalue weighted by Gasteiger charge is -2.23. The summed E-state index contributed by atoms with van der Waals surface area (Å²) in [5, 5.41) is 0.625. The molecule has 1 fully saturated rings. The fourth-order valence-corrected chi connectivity index (χ4v) is 4.03. The molecule has 1 heterocycles. The van der Waals surface area contributed by atoms with Gasteiger partial charge in [-0.15, -0.1) is 0 Å². The van der Waals surface area contributed by atoms with Crippen molar-refractivity contribution in [3.8, 4) is 16.9 Å². The average molecular weight is 412 g/mol. The molecule has 0 amide bonds. The molecule has 4 rings (SSSR count). The van der Waals surface area contributed by atoms with Crippen LogP contribution in [0, 0.1) is 18.7 Å². The second kappa shape index (κ2) is 8.05. The molecule has 0 aromatic heterocycles. The normalized spacial score (nSPS) is 19.0. The third-order valence-corrected chi connectivity index (χ3v) is 5.42. The van der Waals surface area contributed by atoms with Crippen molar-refractivity contribution in [1.29, 1.82) is 0 Å². The Bertz CT molecular complexity index is 859. The van der Waals surface area contributed by atoms with E-state index in [1.165, 1.54) is 36.8 Å². The largest absolute Gasteiger partial charge is 0.492 e. The van der Waals surface area contributed by atoms with Crippen LogP contribution in [0.1, 0.15) is 23.5 Å². The highest BCUT2D eigenvalue weighted by Crippen LogP contribution is 2.57. The van der Waals surface area contributed by atoms with Crippen LogP contribution in [0.25, 0.3) is 11.1 Å². The van der Waals surface area contributed by atoms with Gasteiger partial charge in [0.1, 0.15) is 11.6 Å². The molecule has 0 spiro atoms. The number of carbonyl (C=O) groups is 1. The van der Waals surface area contributed by atoms with Crippen molar-refractivity contribution in [3.05, 3.63) is 51.3 Å². The number of ether oxygens (including phenoxy) is 2. The van der Waals surface area contributed by atoms with Crippen molar-refractivity contribution in [3.63, 3.8) is 0 Å². The average Bonchev–Trinajstić information content (AvgIpc) is 3.42. The Labute approximate surface area is 167 Å². The van der Waals surface area contributed by atoms with E-state index in [1.807, 2.05) is 6.07 Å². The van der Waals surface area contributed by atoms with E-state index in [1.54, 1.807) is 0 Å². The third kappa shape index (κ3) is 4.05. The molecule has 2 N–H and O–H groups in total. The van der Waals surface area contributed by atoms with Crippen molar-refractivity contribution in [2.24, 2.45) is 11.7 Å². The molecule has 1 aliphatic heterocycles. The lowest BCUT2D eigenvalue weighted by molar-refractivity contribution is -0.138. The molecule has 2 aromatic rings. The predicted octanol–water partition coefficient (Wildman–Crippen LogP) is 4.72. The molecule has 0 bridgehead atoms. The summed E-state index contributed by atoms with van der Waals surface area (Å²) in [5.41, 5.74) is 8.81. The molecule has 0 radical (unpaired) electrons. The fraction of sp³-hybridized carbons (Fsp3) is 0.350. The van der Waals surface area contributed by atoms with E-state index in [0.29, 0.717) is 27.4 Å². The highest BCUT2D eigenvalue weighted by molar-refractivity contribution is 6.39. The molecule has 27 heavy (non-hydrogen) atoms. The number of esters is 1. The Balaban J connectivity index is 0.000000307. The summed E-state index contributed by atoms with van der Waals surface area (Å²) >= 11 is 12.4. The molecule has 2 aromatic carbocycles. The molecule has 144 valence electrons. The van der Waals surface area contributed by atoms with E-state index >= 15 is 0 Å². The number of benzene rings is 2. The topological polar surface area (TPSA) is 61.5 Å². The number of fused-ring (bicyclic) bond motifs is 3. The molecule has 7 heteroatoms. The Morgan fingerprint density at radius 1 is 1.33 bits per heavy atom. The number of halogens is 3. The van der Waals surface area contributed by atoms with Crippen LogP contribution in [0.3, 0.4) is 0 Å². The van der Waals surface area contributed by atoms with Crippen LogP contribution in [0.2, 0.25) is 10.0 Å². The number of rotatable bonds is 2. The fourth-order valence-electron chi connectivity index (χ4n) is 3.37. The quantitative estimate of drug-likeness (QED) is 0.725. The molecule has 2 aliphatic rings. The van der Waals surface area contributed by atoms with Gasteiger partial charge in [-0.1, -0.05) is 35.3 Å². The van der Waals surface area contributed by atoms with Crippen LogP contribution in [-0.2, 0) is 9.53 Å². The van der Waals surface area contributed by atoms with E-state index in [-0.39, 0.29) is 12.5 Å². The van der Waals surface area contributed by atoms with Gasteiger partial charge in [0.25, 0.3) is 0 Å². The van der Waals surface area contributed by atoms with E-state index in [0.717, 1.165) is 17.9 Å². The number of hydrogen-bond acceptors (Lipinski definition) is 4. The van der Waals surface area contributed by atoms with Gasteiger partial charge in [0.05, 0.1) is 30.3 Å². The summed E-state index contributed by atoms with van der Waals surface area (Å²) in [6.45, 7) is 2.81. The number of carbonyl (C=O) groups excluding carboxylic acids is 1. The highest BCUT2D eigenvalue weighted by atomic mass is 35.5. The third-order valence-electron chi connectivity index (χ3n) is 4.82. The van der Waals surface area contributed by atoms with Crippen molar-refractivity contribution in [1.82, 2.24) is 0 Å². The lowest BCUT2D eigenvalue weighted by atomic mass is 9.93. The van der Waals surface area contributed by atoms with Crippen LogP contribution in [0.4, 0.5) is 4.39 Å². The van der Waals surface area contributed by atoms with Gasteiger partial charge < -0.3 is 15.2 Å². The van der Waals surface area contributed by atoms with E-state index < -0.39 is 5.82 Å². The van der Waals surface area contributed by atoms with Crippen LogP contribution >= 0.6 is 23.2 Å². The number of hydrogen-bond donors (Lipinski definition) is 1. The summed E-state index contributed by atoms with van der Waals surface area (Å²) in [4.78, 5) is 9.83. The smallest absolute Gasteiger partial charge is 0.319 e. The molecule has 0 saturated heterocycles. The second-order valence-electron chi connectivity index (χ2n) is 6.61. The first-order chi connectivity index (χ1) is 12.9. The standard InChI is InChI=1S/C17H13Cl2FO.C3H7NO2/c1-8-2-3-11(16-13(18)5-10(20)6-14(16)19)17-15(8)12-4-9(12)7-21-17;1-6-3(5)2-4/h2-3,5-6,9,12H,4,7H2,1H3;2,4H2,1H3. The minimum Gasteiger partial charge on any atom is -0.492 e. The van der Waals surface area contributed by atoms with Crippen molar-refractivity contribution in [2.45, 2.75) is 19.3 Å². The molecule has 1 aliphatic carbocycles. The molecule has 4 nitrogen and oxygen atoms in total. The minimum absolute atomic E-state index is 0.0312. The monoisotopic (exact) mass is 411 g/mol. The zero-order valence-corrected chi connectivity index (χ0v) is 16.5. The Morgan fingerprint density at radius 2 is 2.00 bits per heavy atom. The lowest BCUT2D eigenvalue weighted by Crippen LogP contribution is -2.14. The first-order valence-corrected chi connectivity index (χ1v) is 9.31. The van der Waals surface area contributed by atoms with Gasteiger partial charge in [0.15, 0.2) is 0 Å². The van der Waals surface area contributed by atoms with Gasteiger partial charge in [0.2, 0.25) is 0 Å². The number of nitrogens with two attached hydrogens (primary N) is 1. The van der Waals surface area contributed by atoms with Crippen LogP contribution in [-0.4, -0.2) is 26.2 Å². The minimum atomic E-state index is -0.432. The van der Waals surface area contributed by atoms with Gasteiger partial charge in [-0.05, 0) is 37.0 Å². The maximum Gasteiger partial charge on any atom is 0.319 e. The van der Waals surface area contributed by atoms with Gasteiger partial charge in [-0.3, -0.25) is 4.79 Å². The Morgan fingerprint density at radius 3 is 2.56 bits per heavy atom. The van der Waals surface area contributed by atoms with Crippen LogP contribution < -0.4 is 10.5 Å². The second-order valence-corrected chi connectivity index (χ2v) is 7.43. The molecule has 1 saturated carbocycles. The van der Waals surface area contributed by atoms with Crippen molar-refractivity contribution in [2.75, 3.05) is 20.3 Å². The zero-order valence-electron chi connectivity index (χ0n) is 15.0. The molecule has 2 unspecified atom stereocenters. The molecular weight excluding hydrogens is 392 g/mol. The maximum atomic E-state index is 13.4. The zero-order chi connectivity index (χ0) is 19.7. The first kappa shape index (κ1) is 19.9.